The van der Waals surface area contributed by atoms with E-state index in [0.717, 1.165) is 32.8 Å². The fraction of sp³-hybridized carbons (Fsp3) is 0.400. The Morgan fingerprint density at radius 3 is 2.61 bits per heavy atom. The molecule has 2 saturated heterocycles. The summed E-state index contributed by atoms with van der Waals surface area (Å²) < 4.78 is 4.87. The van der Waals surface area contributed by atoms with Crippen molar-refractivity contribution in [3.05, 3.63) is 41.1 Å². The van der Waals surface area contributed by atoms with E-state index in [4.69, 9.17) is 4.74 Å². The molecule has 0 bridgehead atoms. The van der Waals surface area contributed by atoms with Crippen LogP contribution in [0.1, 0.15) is 22.7 Å². The van der Waals surface area contributed by atoms with Gasteiger partial charge in [-0.2, -0.15) is 5.10 Å². The van der Waals surface area contributed by atoms with E-state index in [-0.39, 0.29) is 11.8 Å². The first-order valence-corrected chi connectivity index (χ1v) is 9.11. The van der Waals surface area contributed by atoms with Crippen LogP contribution in [0, 0.1) is 25.7 Å². The highest BCUT2D eigenvalue weighted by atomic mass is 16.5. The third kappa shape index (κ3) is 2.56. The topological polar surface area (TPSA) is 104 Å². The lowest BCUT2D eigenvalue weighted by molar-refractivity contribution is -0.147. The number of aromatic nitrogens is 2. The lowest BCUT2D eigenvalue weighted by atomic mass is 9.85. The van der Waals surface area contributed by atoms with E-state index in [2.05, 4.69) is 15.5 Å². The number of carbonyl (C=O) groups is 3. The number of aryl methyl sites for hydroxylation is 2. The number of amides is 2. The van der Waals surface area contributed by atoms with Crippen molar-refractivity contribution in [2.75, 3.05) is 14.2 Å². The summed E-state index contributed by atoms with van der Waals surface area (Å²) in [7, 11) is 2.73. The quantitative estimate of drug-likeness (QED) is 0.609. The number of hydrogen-bond acceptors (Lipinski definition) is 6. The fourth-order valence-corrected chi connectivity index (χ4v) is 4.34. The van der Waals surface area contributed by atoms with Gasteiger partial charge in [0.1, 0.15) is 6.04 Å². The monoisotopic (exact) mass is 382 g/mol. The largest absolute Gasteiger partial charge is 0.468 e. The van der Waals surface area contributed by atoms with Crippen molar-refractivity contribution in [3.63, 3.8) is 0 Å². The summed E-state index contributed by atoms with van der Waals surface area (Å²) in [5, 5.41) is 10.4. The number of H-pyrrole nitrogens is 1. The molecule has 1 aromatic carbocycles. The molecule has 8 nitrogen and oxygen atoms in total. The van der Waals surface area contributed by atoms with Crippen LogP contribution in [0.25, 0.3) is 11.3 Å². The van der Waals surface area contributed by atoms with Crippen molar-refractivity contribution in [2.24, 2.45) is 11.8 Å². The maximum absolute atomic E-state index is 12.8. The lowest BCUT2D eigenvalue weighted by Crippen LogP contribution is -2.42. The Kier molecular flexibility index (Phi) is 4.30. The average Bonchev–Trinajstić information content (AvgIpc) is 3.36. The van der Waals surface area contributed by atoms with E-state index < -0.39 is 29.9 Å². The molecule has 2 aliphatic rings. The van der Waals surface area contributed by atoms with Gasteiger partial charge in [-0.1, -0.05) is 17.7 Å². The summed E-state index contributed by atoms with van der Waals surface area (Å²) in [6.07, 6.45) is 1.65. The number of benzene rings is 1. The molecule has 0 aliphatic carbocycles. The van der Waals surface area contributed by atoms with Crippen LogP contribution in [0.4, 0.5) is 0 Å². The van der Waals surface area contributed by atoms with Crippen LogP contribution in [-0.4, -0.2) is 53.1 Å². The first-order chi connectivity index (χ1) is 13.3. The Morgan fingerprint density at radius 2 is 1.89 bits per heavy atom. The number of hydrogen-bond donors (Lipinski definition) is 2. The molecule has 0 unspecified atom stereocenters. The summed E-state index contributed by atoms with van der Waals surface area (Å²) in [6, 6.07) is 4.70. The molecule has 146 valence electrons. The molecule has 3 heterocycles. The molecule has 0 spiro atoms. The lowest BCUT2D eigenvalue weighted by Gasteiger charge is -2.20. The summed E-state index contributed by atoms with van der Waals surface area (Å²) in [5.41, 5.74) is 4.65. The smallest absolute Gasteiger partial charge is 0.323 e. The molecule has 2 aromatic rings. The molecule has 8 heteroatoms. The van der Waals surface area contributed by atoms with Gasteiger partial charge < -0.3 is 4.74 Å². The number of nitrogens with zero attached hydrogens (tertiary/aromatic N) is 2. The van der Waals surface area contributed by atoms with Gasteiger partial charge in [0.2, 0.25) is 11.8 Å². The van der Waals surface area contributed by atoms with Crippen LogP contribution in [0.3, 0.4) is 0 Å². The minimum atomic E-state index is -0.872. The molecule has 2 amide bonds. The number of methoxy groups -OCH3 is 1. The fourth-order valence-electron chi connectivity index (χ4n) is 4.34. The van der Waals surface area contributed by atoms with Crippen LogP contribution in [0.2, 0.25) is 0 Å². The van der Waals surface area contributed by atoms with Crippen molar-refractivity contribution in [3.8, 4) is 11.3 Å². The Labute approximate surface area is 162 Å². The van der Waals surface area contributed by atoms with E-state index in [1.54, 1.807) is 6.20 Å². The first kappa shape index (κ1) is 18.4. The molecule has 0 saturated carbocycles. The van der Waals surface area contributed by atoms with E-state index in [1.807, 2.05) is 32.0 Å². The molecular weight excluding hydrogens is 360 g/mol. The molecule has 4 rings (SSSR count). The van der Waals surface area contributed by atoms with Crippen molar-refractivity contribution < 1.29 is 19.1 Å². The summed E-state index contributed by atoms with van der Waals surface area (Å²) in [4.78, 5) is 38.8. The molecule has 0 radical (unpaired) electrons. The minimum absolute atomic E-state index is 0.299. The predicted octanol–water partition coefficient (Wildman–Crippen LogP) is 1.11. The number of aromatic amines is 1. The Morgan fingerprint density at radius 1 is 1.18 bits per heavy atom. The number of imide groups is 1. The van der Waals surface area contributed by atoms with E-state index in [0.29, 0.717) is 0 Å². The number of nitrogens with one attached hydrogen (secondary N) is 2. The number of rotatable bonds is 3. The van der Waals surface area contributed by atoms with Gasteiger partial charge in [0.05, 0.1) is 30.8 Å². The van der Waals surface area contributed by atoms with E-state index in [9.17, 15) is 14.4 Å². The van der Waals surface area contributed by atoms with Crippen LogP contribution in [0.5, 0.6) is 0 Å². The maximum atomic E-state index is 12.8. The number of ether oxygens (including phenoxy) is 1. The third-order valence-electron chi connectivity index (χ3n) is 5.82. The molecule has 28 heavy (non-hydrogen) atoms. The number of likely N-dealkylation sites (tertiary alicyclic amines) is 1. The summed E-state index contributed by atoms with van der Waals surface area (Å²) in [6.45, 7) is 4.00. The highest BCUT2D eigenvalue weighted by Crippen LogP contribution is 2.45. The molecule has 2 fully saturated rings. The van der Waals surface area contributed by atoms with Crippen molar-refractivity contribution in [1.29, 1.82) is 0 Å². The predicted molar refractivity (Wildman–Crippen MR) is 99.9 cm³/mol. The molecule has 2 aliphatic heterocycles. The SMILES string of the molecule is COC(=O)[C@H]1N[C@@H](c2cn[nH]c2-c2cc(C)ccc2C)[C@H]2C(=O)N(C)C(=O)[C@H]21. The zero-order chi connectivity index (χ0) is 20.2. The minimum Gasteiger partial charge on any atom is -0.468 e. The van der Waals surface area contributed by atoms with Gasteiger partial charge in [0.25, 0.3) is 0 Å². The van der Waals surface area contributed by atoms with Crippen LogP contribution >= 0.6 is 0 Å². The Bertz CT molecular complexity index is 982. The van der Waals surface area contributed by atoms with Gasteiger partial charge in [0, 0.05) is 24.2 Å². The van der Waals surface area contributed by atoms with Crippen molar-refractivity contribution in [1.82, 2.24) is 20.4 Å². The zero-order valence-corrected chi connectivity index (χ0v) is 16.1. The maximum Gasteiger partial charge on any atom is 0.323 e. The number of carbonyl (C=O) groups excluding carboxylic acids is 3. The third-order valence-corrected chi connectivity index (χ3v) is 5.82. The highest BCUT2D eigenvalue weighted by molar-refractivity contribution is 6.08. The first-order valence-electron chi connectivity index (χ1n) is 9.11. The van der Waals surface area contributed by atoms with Gasteiger partial charge in [0.15, 0.2) is 0 Å². The molecule has 4 atom stereocenters. The number of fused-ring (bicyclic) bond motifs is 1. The van der Waals surface area contributed by atoms with Crippen molar-refractivity contribution >= 4 is 17.8 Å². The average molecular weight is 382 g/mol. The van der Waals surface area contributed by atoms with Gasteiger partial charge in [-0.05, 0) is 25.5 Å². The molecular formula is C20H22N4O4. The van der Waals surface area contributed by atoms with Crippen LogP contribution < -0.4 is 5.32 Å². The normalized spacial score (nSPS) is 26.6. The second kappa shape index (κ2) is 6.56. The van der Waals surface area contributed by atoms with Crippen LogP contribution in [0.15, 0.2) is 24.4 Å². The number of esters is 1. The molecule has 1 aromatic heterocycles. The summed E-state index contributed by atoms with van der Waals surface area (Å²) >= 11 is 0. The zero-order valence-electron chi connectivity index (χ0n) is 16.1. The van der Waals surface area contributed by atoms with Crippen LogP contribution in [-0.2, 0) is 19.1 Å². The second-order valence-corrected chi connectivity index (χ2v) is 7.45. The van der Waals surface area contributed by atoms with Crippen molar-refractivity contribution in [2.45, 2.75) is 25.9 Å². The van der Waals surface area contributed by atoms with Gasteiger partial charge in [-0.25, -0.2) is 0 Å². The Hall–Kier alpha value is -3.00. The van der Waals surface area contributed by atoms with E-state index >= 15 is 0 Å². The van der Waals surface area contributed by atoms with Gasteiger partial charge >= 0.3 is 5.97 Å². The standard InChI is InChI=1S/C20H22N4O4/c1-9-5-6-10(2)11(7-9)15-12(8-21-23-15)16-13-14(17(22-16)20(27)28-4)19(26)24(3)18(13)25/h5-8,13-14,16-17,22H,1-4H3,(H,21,23)/t13-,14+,16-,17-/m0/s1. The van der Waals surface area contributed by atoms with Gasteiger partial charge in [-0.3, -0.25) is 29.7 Å². The second-order valence-electron chi connectivity index (χ2n) is 7.45. The Balaban J connectivity index is 1.81. The highest BCUT2D eigenvalue weighted by Gasteiger charge is 2.60. The van der Waals surface area contributed by atoms with Gasteiger partial charge in [-0.15, -0.1) is 0 Å². The summed E-state index contributed by atoms with van der Waals surface area (Å²) in [5.74, 6) is -2.67. The van der Waals surface area contributed by atoms with E-state index in [1.165, 1.54) is 14.2 Å². The molecule has 2 N–H and O–H groups in total.